The summed E-state index contributed by atoms with van der Waals surface area (Å²) in [5, 5.41) is 0. The quantitative estimate of drug-likeness (QED) is 0.226. The molecule has 0 amide bonds. The van der Waals surface area contributed by atoms with Crippen molar-refractivity contribution < 1.29 is 0 Å². The smallest absolute Gasteiger partial charge is 0.0137 e. The molecule has 0 bridgehead atoms. The van der Waals surface area contributed by atoms with Gasteiger partial charge < -0.3 is 0 Å². The monoisotopic (exact) mass is 775 g/mol. The van der Waals surface area contributed by atoms with Crippen molar-refractivity contribution in [2.45, 2.75) is 117 Å². The average Bonchev–Trinajstić information content (AvgIpc) is 4.11. The SMILES string of the molecule is CC1CC(/C=C\C2CC(/C=C\C3CC(C4CC=CCC4C4CC(C5CC=CCC5C)C5C6CC=CCC6CC45)C4C=CCC34)C3C2CC2CC=CCC23)C2C=CCC12. The van der Waals surface area contributed by atoms with Crippen molar-refractivity contribution in [2.75, 3.05) is 0 Å². The van der Waals surface area contributed by atoms with E-state index in [2.05, 4.69) is 111 Å². The molecule has 12 rings (SSSR count). The zero-order valence-corrected chi connectivity index (χ0v) is 36.4. The van der Waals surface area contributed by atoms with Crippen LogP contribution in [0.5, 0.6) is 0 Å². The van der Waals surface area contributed by atoms with Crippen molar-refractivity contribution in [3.8, 4) is 0 Å². The van der Waals surface area contributed by atoms with Crippen LogP contribution < -0.4 is 0 Å². The zero-order valence-electron chi connectivity index (χ0n) is 36.4. The second-order valence-corrected chi connectivity index (χ2v) is 23.7. The molecule has 0 aromatic carbocycles. The van der Waals surface area contributed by atoms with E-state index in [4.69, 9.17) is 0 Å². The van der Waals surface area contributed by atoms with E-state index in [1.165, 1.54) is 89.9 Å². The molecule has 0 N–H and O–H groups in total. The van der Waals surface area contributed by atoms with E-state index in [0.29, 0.717) is 0 Å². The summed E-state index contributed by atoms with van der Waals surface area (Å²) in [4.78, 5) is 0. The van der Waals surface area contributed by atoms with Gasteiger partial charge in [0.25, 0.3) is 0 Å². The Labute approximate surface area is 354 Å². The van der Waals surface area contributed by atoms with Crippen LogP contribution in [0.15, 0.2) is 97.2 Å². The lowest BCUT2D eigenvalue weighted by molar-refractivity contribution is 0.106. The Balaban J connectivity index is 0.788. The highest BCUT2D eigenvalue weighted by atomic mass is 14.6. The molecule has 6 fully saturated rings. The van der Waals surface area contributed by atoms with Crippen LogP contribution in [0.25, 0.3) is 0 Å². The highest BCUT2D eigenvalue weighted by Crippen LogP contribution is 2.66. The van der Waals surface area contributed by atoms with Gasteiger partial charge in [-0.3, -0.25) is 0 Å². The van der Waals surface area contributed by atoms with Crippen LogP contribution in [0.2, 0.25) is 0 Å². The Bertz CT molecular complexity index is 1760. The molecule has 24 unspecified atom stereocenters. The van der Waals surface area contributed by atoms with Crippen LogP contribution in [0.3, 0.4) is 0 Å². The molecule has 12 aliphatic carbocycles. The number of hydrogen-bond donors (Lipinski definition) is 0. The van der Waals surface area contributed by atoms with Gasteiger partial charge in [0.2, 0.25) is 0 Å². The fourth-order valence-electron chi connectivity index (χ4n) is 19.4. The minimum atomic E-state index is 0.790. The maximum absolute atomic E-state index is 2.90. The average molecular weight is 775 g/mol. The van der Waals surface area contributed by atoms with Gasteiger partial charge in [0.05, 0.1) is 0 Å². The van der Waals surface area contributed by atoms with Crippen LogP contribution in [-0.2, 0) is 0 Å². The summed E-state index contributed by atoms with van der Waals surface area (Å²) in [6.07, 6.45) is 65.2. The molecule has 58 heavy (non-hydrogen) atoms. The maximum atomic E-state index is 2.90. The van der Waals surface area contributed by atoms with Crippen LogP contribution in [0.4, 0.5) is 0 Å². The minimum Gasteiger partial charge on any atom is -0.0883 e. The van der Waals surface area contributed by atoms with Crippen LogP contribution >= 0.6 is 0 Å². The van der Waals surface area contributed by atoms with E-state index < -0.39 is 0 Å². The van der Waals surface area contributed by atoms with Gasteiger partial charge in [-0.15, -0.1) is 0 Å². The summed E-state index contributed by atoms with van der Waals surface area (Å²) >= 11 is 0. The van der Waals surface area contributed by atoms with Gasteiger partial charge in [0, 0.05) is 0 Å². The Morgan fingerprint density at radius 2 is 0.828 bits per heavy atom. The van der Waals surface area contributed by atoms with Gasteiger partial charge in [-0.05, 0) is 245 Å². The van der Waals surface area contributed by atoms with E-state index >= 15 is 0 Å². The van der Waals surface area contributed by atoms with Gasteiger partial charge in [0.15, 0.2) is 0 Å². The van der Waals surface area contributed by atoms with Crippen molar-refractivity contribution >= 4 is 0 Å². The molecular formula is C58H78. The molecule has 0 spiro atoms. The fourth-order valence-corrected chi connectivity index (χ4v) is 19.4. The minimum absolute atomic E-state index is 0.790. The first-order valence-electron chi connectivity index (χ1n) is 25.9. The van der Waals surface area contributed by atoms with Crippen LogP contribution in [0.1, 0.15) is 117 Å². The van der Waals surface area contributed by atoms with Crippen molar-refractivity contribution in [2.24, 2.45) is 142 Å². The van der Waals surface area contributed by atoms with Crippen molar-refractivity contribution in [1.82, 2.24) is 0 Å². The molecule has 0 saturated heterocycles. The second kappa shape index (κ2) is 15.4. The molecule has 0 heterocycles. The molecule has 24 atom stereocenters. The van der Waals surface area contributed by atoms with Crippen LogP contribution in [0, 0.1) is 142 Å². The van der Waals surface area contributed by atoms with E-state index in [0.717, 1.165) is 142 Å². The Hall–Kier alpha value is -2.08. The summed E-state index contributed by atoms with van der Waals surface area (Å²) in [7, 11) is 0. The lowest BCUT2D eigenvalue weighted by Crippen LogP contribution is -2.34. The molecule has 6 saturated carbocycles. The first-order chi connectivity index (χ1) is 28.6. The summed E-state index contributed by atoms with van der Waals surface area (Å²) < 4.78 is 0. The Kier molecular flexibility index (Phi) is 9.98. The van der Waals surface area contributed by atoms with Gasteiger partial charge in [0.1, 0.15) is 0 Å². The highest BCUT2D eigenvalue weighted by Gasteiger charge is 2.59. The third kappa shape index (κ3) is 6.21. The van der Waals surface area contributed by atoms with Crippen molar-refractivity contribution in [1.29, 1.82) is 0 Å². The number of hydrogen-bond acceptors (Lipinski definition) is 0. The lowest BCUT2D eigenvalue weighted by atomic mass is 9.64. The molecule has 0 aliphatic heterocycles. The van der Waals surface area contributed by atoms with Gasteiger partial charge in [-0.1, -0.05) is 111 Å². The molecule has 0 aromatic rings. The van der Waals surface area contributed by atoms with E-state index in [-0.39, 0.29) is 0 Å². The third-order valence-corrected chi connectivity index (χ3v) is 21.7. The number of rotatable bonds is 7. The summed E-state index contributed by atoms with van der Waals surface area (Å²) in [5.74, 6) is 21.7. The van der Waals surface area contributed by atoms with Crippen molar-refractivity contribution in [3.63, 3.8) is 0 Å². The Morgan fingerprint density at radius 1 is 0.293 bits per heavy atom. The predicted octanol–water partition coefficient (Wildman–Crippen LogP) is 14.7. The van der Waals surface area contributed by atoms with Gasteiger partial charge >= 0.3 is 0 Å². The summed E-state index contributed by atoms with van der Waals surface area (Å²) in [6.45, 7) is 5.16. The second-order valence-electron chi connectivity index (χ2n) is 23.7. The van der Waals surface area contributed by atoms with Crippen LogP contribution in [-0.4, -0.2) is 0 Å². The largest absolute Gasteiger partial charge is 0.0883 e. The number of allylic oxidation sites excluding steroid dienone is 16. The van der Waals surface area contributed by atoms with E-state index in [1.54, 1.807) is 12.8 Å². The van der Waals surface area contributed by atoms with Gasteiger partial charge in [-0.2, -0.15) is 0 Å². The normalized spacial score (nSPS) is 55.8. The number of fused-ring (bicyclic) bond motifs is 8. The first-order valence-corrected chi connectivity index (χ1v) is 25.9. The van der Waals surface area contributed by atoms with E-state index in [1.807, 2.05) is 0 Å². The predicted molar refractivity (Wildman–Crippen MR) is 242 cm³/mol. The summed E-state index contributed by atoms with van der Waals surface area (Å²) in [5.41, 5.74) is 0. The molecule has 310 valence electrons. The highest BCUT2D eigenvalue weighted by molar-refractivity contribution is 5.21. The zero-order chi connectivity index (χ0) is 38.5. The maximum Gasteiger partial charge on any atom is -0.0137 e. The third-order valence-electron chi connectivity index (χ3n) is 21.7. The molecule has 12 aliphatic rings. The lowest BCUT2D eigenvalue weighted by Gasteiger charge is -2.41. The topological polar surface area (TPSA) is 0 Å². The Morgan fingerprint density at radius 3 is 1.59 bits per heavy atom. The van der Waals surface area contributed by atoms with Gasteiger partial charge in [-0.25, -0.2) is 0 Å². The molecule has 0 heteroatoms. The molecular weight excluding hydrogens is 697 g/mol. The molecule has 0 aromatic heterocycles. The van der Waals surface area contributed by atoms with Crippen molar-refractivity contribution in [3.05, 3.63) is 97.2 Å². The first kappa shape index (κ1) is 37.7. The standard InChI is InChI=1S/C58H78/c1-35-13-3-6-16-43(35)56-34-54(55-33-38-15-5-8-18-48(38)58(55)56)51-20-10-9-19-50(51)53-32-41(46-23-12-24-49(46)53)27-28-42-30-40(52-31-37-14-4-7-17-47(37)57(42)52)26-25-39-29-36(2)44-21-11-22-45(39)44/h3-12,22,24-28,35-58H,13-21,23,29-34H2,1-2H3/b26-25-,28-27-. The fraction of sp³-hybridized carbons (Fsp3) is 0.724. The van der Waals surface area contributed by atoms with E-state index in [9.17, 15) is 0 Å². The molecule has 0 radical (unpaired) electrons. The molecule has 0 nitrogen and oxygen atoms in total. The summed E-state index contributed by atoms with van der Waals surface area (Å²) in [6, 6.07) is 0.